The first-order valence-corrected chi connectivity index (χ1v) is 11.2. The van der Waals surface area contributed by atoms with E-state index in [9.17, 15) is 4.79 Å². The molecule has 5 heteroatoms. The number of primary amides is 1. The molecule has 1 radical (unpaired) electrons. The molecule has 0 spiro atoms. The van der Waals surface area contributed by atoms with Gasteiger partial charge in [0, 0.05) is 32.7 Å². The molecule has 0 atom stereocenters. The van der Waals surface area contributed by atoms with E-state index in [0.717, 1.165) is 11.4 Å². The quantitative estimate of drug-likeness (QED) is 0.389. The predicted octanol–water partition coefficient (Wildman–Crippen LogP) is 6.73. The van der Waals surface area contributed by atoms with E-state index in [1.165, 1.54) is 33.4 Å². The van der Waals surface area contributed by atoms with Gasteiger partial charge in [-0.2, -0.15) is 0 Å². The SMILES string of the molecule is CC.Cc1cc(C)c(-c2[c-]cc(C(C)C)cc2)c(C)c1.Cc1nc(C)c(C(N)=O)nc1C.[Y]. The number of carbonyl (C=O) groups is 1. The molecule has 2 aromatic carbocycles. The van der Waals surface area contributed by atoms with Gasteiger partial charge in [0.15, 0.2) is 0 Å². The van der Waals surface area contributed by atoms with Crippen LogP contribution in [-0.2, 0) is 32.7 Å². The number of amides is 1. The zero-order valence-corrected chi connectivity index (χ0v) is 24.8. The Bertz CT molecular complexity index is 1030. The molecule has 175 valence electrons. The molecule has 3 aromatic rings. The summed E-state index contributed by atoms with van der Waals surface area (Å²) in [7, 11) is 0. The topological polar surface area (TPSA) is 68.9 Å². The van der Waals surface area contributed by atoms with Crippen molar-refractivity contribution in [2.75, 3.05) is 0 Å². The van der Waals surface area contributed by atoms with E-state index in [4.69, 9.17) is 5.73 Å². The van der Waals surface area contributed by atoms with Gasteiger partial charge in [0.25, 0.3) is 5.91 Å². The molecule has 0 aliphatic carbocycles. The molecule has 1 aromatic heterocycles. The fourth-order valence-corrected chi connectivity index (χ4v) is 3.50. The Morgan fingerprint density at radius 1 is 0.879 bits per heavy atom. The second-order valence-electron chi connectivity index (χ2n) is 8.16. The molecule has 0 saturated carbocycles. The molecular formula is C28H38N3OY-. The van der Waals surface area contributed by atoms with Crippen LogP contribution in [-0.4, -0.2) is 15.9 Å². The van der Waals surface area contributed by atoms with Crippen molar-refractivity contribution < 1.29 is 37.5 Å². The molecule has 0 aliphatic rings. The van der Waals surface area contributed by atoms with Crippen LogP contribution in [0.1, 0.15) is 83.4 Å². The summed E-state index contributed by atoms with van der Waals surface area (Å²) >= 11 is 0. The van der Waals surface area contributed by atoms with Gasteiger partial charge in [-0.05, 0) is 41.5 Å². The maximum absolute atomic E-state index is 10.8. The largest absolute Gasteiger partial charge is 0.364 e. The van der Waals surface area contributed by atoms with Gasteiger partial charge in [0.1, 0.15) is 5.69 Å². The van der Waals surface area contributed by atoms with Crippen molar-refractivity contribution in [3.05, 3.63) is 81.4 Å². The first kappa shape index (κ1) is 31.1. The van der Waals surface area contributed by atoms with Gasteiger partial charge in [-0.25, -0.2) is 4.98 Å². The van der Waals surface area contributed by atoms with E-state index in [0.29, 0.717) is 11.6 Å². The Balaban J connectivity index is 0.000000599. The Hall–Kier alpha value is -1.91. The summed E-state index contributed by atoms with van der Waals surface area (Å²) in [5.74, 6) is 0.0404. The van der Waals surface area contributed by atoms with Crippen LogP contribution < -0.4 is 5.73 Å². The molecule has 3 rings (SSSR count). The van der Waals surface area contributed by atoms with E-state index < -0.39 is 5.91 Å². The number of carbonyl (C=O) groups excluding carboxylic acids is 1. The van der Waals surface area contributed by atoms with E-state index in [2.05, 4.69) is 81.0 Å². The number of rotatable bonds is 3. The summed E-state index contributed by atoms with van der Waals surface area (Å²) in [5, 5.41) is 0. The summed E-state index contributed by atoms with van der Waals surface area (Å²) < 4.78 is 0. The minimum absolute atomic E-state index is 0. The predicted molar refractivity (Wildman–Crippen MR) is 135 cm³/mol. The maximum Gasteiger partial charge on any atom is 0.269 e. The zero-order chi connectivity index (χ0) is 24.6. The molecule has 0 saturated heterocycles. The van der Waals surface area contributed by atoms with Crippen molar-refractivity contribution in [2.45, 2.75) is 75.2 Å². The third-order valence-corrected chi connectivity index (χ3v) is 5.16. The van der Waals surface area contributed by atoms with Crippen LogP contribution in [0.5, 0.6) is 0 Å². The fourth-order valence-electron chi connectivity index (χ4n) is 3.50. The van der Waals surface area contributed by atoms with Crippen molar-refractivity contribution in [3.63, 3.8) is 0 Å². The third-order valence-electron chi connectivity index (χ3n) is 5.16. The number of benzene rings is 2. The minimum atomic E-state index is -0.525. The number of hydrogen-bond acceptors (Lipinski definition) is 3. The maximum atomic E-state index is 10.8. The molecule has 0 aliphatic heterocycles. The monoisotopic (exact) mass is 521 g/mol. The van der Waals surface area contributed by atoms with Crippen LogP contribution in [0.4, 0.5) is 0 Å². The second-order valence-corrected chi connectivity index (χ2v) is 8.16. The summed E-state index contributed by atoms with van der Waals surface area (Å²) in [6.07, 6.45) is 0. The van der Waals surface area contributed by atoms with Gasteiger partial charge in [-0.1, -0.05) is 68.0 Å². The van der Waals surface area contributed by atoms with Crippen molar-refractivity contribution >= 4 is 5.91 Å². The van der Waals surface area contributed by atoms with Gasteiger partial charge in [-0.15, -0.1) is 35.4 Å². The molecule has 0 unspecified atom stereocenters. The minimum Gasteiger partial charge on any atom is -0.364 e. The first-order valence-electron chi connectivity index (χ1n) is 11.2. The van der Waals surface area contributed by atoms with Crippen molar-refractivity contribution in [1.29, 1.82) is 0 Å². The third kappa shape index (κ3) is 8.75. The number of aryl methyl sites for hydroxylation is 6. The average Bonchev–Trinajstić information content (AvgIpc) is 2.72. The van der Waals surface area contributed by atoms with Crippen LogP contribution in [0.2, 0.25) is 0 Å². The van der Waals surface area contributed by atoms with Crippen molar-refractivity contribution in [1.82, 2.24) is 9.97 Å². The Kier molecular flexibility index (Phi) is 13.5. The van der Waals surface area contributed by atoms with Crippen LogP contribution in [0.3, 0.4) is 0 Å². The number of hydrogen-bond donors (Lipinski definition) is 1. The summed E-state index contributed by atoms with van der Waals surface area (Å²) in [6.45, 7) is 20.3. The van der Waals surface area contributed by atoms with E-state index in [-0.39, 0.29) is 38.4 Å². The molecule has 0 fully saturated rings. The van der Waals surface area contributed by atoms with E-state index in [1.807, 2.05) is 20.8 Å². The normalized spacial score (nSPS) is 9.79. The summed E-state index contributed by atoms with van der Waals surface area (Å²) in [6, 6.07) is 14.5. The fraction of sp³-hybridized carbons (Fsp3) is 0.393. The number of aromatic nitrogens is 2. The Morgan fingerprint density at radius 2 is 1.39 bits per heavy atom. The summed E-state index contributed by atoms with van der Waals surface area (Å²) in [5.41, 5.74) is 15.4. The van der Waals surface area contributed by atoms with Crippen LogP contribution in [0.25, 0.3) is 11.1 Å². The molecule has 1 amide bonds. The van der Waals surface area contributed by atoms with Gasteiger partial charge >= 0.3 is 0 Å². The molecule has 33 heavy (non-hydrogen) atoms. The molecular weight excluding hydrogens is 483 g/mol. The Labute approximate surface area is 225 Å². The second kappa shape index (κ2) is 14.4. The van der Waals surface area contributed by atoms with Crippen LogP contribution >= 0.6 is 0 Å². The molecule has 4 nitrogen and oxygen atoms in total. The molecule has 1 heterocycles. The average molecular weight is 522 g/mol. The standard InChI is InChI=1S/C18H21.C8H11N3O.C2H6.Y/c1-12(2)16-6-8-17(9-7-16)18-14(4)10-13(3)11-15(18)5;1-4-5(2)11-7(8(9)12)6(3)10-4;1-2;/h6-8,10-12H,1-5H3;1-3H3,(H2,9,12);1-2H3;/q-1;;;. The molecule has 2 N–H and O–H groups in total. The van der Waals surface area contributed by atoms with E-state index >= 15 is 0 Å². The smallest absolute Gasteiger partial charge is 0.269 e. The van der Waals surface area contributed by atoms with Gasteiger partial charge in [-0.3, -0.25) is 9.78 Å². The van der Waals surface area contributed by atoms with Gasteiger partial charge in [0.2, 0.25) is 0 Å². The summed E-state index contributed by atoms with van der Waals surface area (Å²) in [4.78, 5) is 19.0. The van der Waals surface area contributed by atoms with Crippen LogP contribution in [0, 0.1) is 47.6 Å². The van der Waals surface area contributed by atoms with Crippen LogP contribution in [0.15, 0.2) is 30.3 Å². The van der Waals surface area contributed by atoms with E-state index in [1.54, 1.807) is 13.8 Å². The number of nitrogens with two attached hydrogens (primary N) is 1. The van der Waals surface area contributed by atoms with Gasteiger partial charge < -0.3 is 5.73 Å². The van der Waals surface area contributed by atoms with Gasteiger partial charge in [0.05, 0.1) is 17.1 Å². The van der Waals surface area contributed by atoms with Crippen molar-refractivity contribution in [2.24, 2.45) is 5.73 Å². The number of nitrogens with zero attached hydrogens (tertiary/aromatic N) is 2. The zero-order valence-electron chi connectivity index (χ0n) is 21.9. The van der Waals surface area contributed by atoms with Crippen molar-refractivity contribution in [3.8, 4) is 11.1 Å². The molecule has 0 bridgehead atoms. The first-order chi connectivity index (χ1) is 15.0. The Morgan fingerprint density at radius 3 is 1.82 bits per heavy atom.